The molecule has 0 saturated heterocycles. The van der Waals surface area contributed by atoms with Gasteiger partial charge in [-0.3, -0.25) is 0 Å². The minimum atomic E-state index is -1.87. The van der Waals surface area contributed by atoms with Gasteiger partial charge >= 0.3 is 101 Å². The second-order valence-electron chi connectivity index (χ2n) is 4.70. The van der Waals surface area contributed by atoms with Gasteiger partial charge in [0.2, 0.25) is 0 Å². The van der Waals surface area contributed by atoms with Crippen molar-refractivity contribution in [2.24, 2.45) is 0 Å². The summed E-state index contributed by atoms with van der Waals surface area (Å²) in [5, 5.41) is 0. The van der Waals surface area contributed by atoms with Crippen molar-refractivity contribution in [1.29, 1.82) is 0 Å². The summed E-state index contributed by atoms with van der Waals surface area (Å²) in [5.41, 5.74) is 0. The Hall–Kier alpha value is 0.674. The zero-order valence-corrected chi connectivity index (χ0v) is 12.8. The van der Waals surface area contributed by atoms with Gasteiger partial charge in [-0.25, -0.2) is 0 Å². The van der Waals surface area contributed by atoms with Crippen molar-refractivity contribution in [2.45, 2.75) is 73.5 Å². The fourth-order valence-corrected chi connectivity index (χ4v) is 8.98. The Morgan fingerprint density at radius 1 is 0.733 bits per heavy atom. The Bertz CT molecular complexity index is 115. The van der Waals surface area contributed by atoms with E-state index in [-0.39, 0.29) is 0 Å². The molecule has 0 saturated carbocycles. The summed E-state index contributed by atoms with van der Waals surface area (Å²) in [6.45, 7) is 6.88. The van der Waals surface area contributed by atoms with Crippen LogP contribution in [-0.2, 0) is 20.3 Å². The number of hydrogen-bond donors (Lipinski definition) is 0. The van der Waals surface area contributed by atoms with Gasteiger partial charge in [-0.2, -0.15) is 0 Å². The maximum absolute atomic E-state index is 6.03. The molecular formula is C13H30OTi. The second-order valence-corrected chi connectivity index (χ2v) is 11.4. The monoisotopic (exact) mass is 250 g/mol. The van der Waals surface area contributed by atoms with E-state index in [2.05, 4.69) is 20.8 Å². The molecule has 1 nitrogen and oxygen atoms in total. The van der Waals surface area contributed by atoms with E-state index in [1.165, 1.54) is 52.7 Å². The van der Waals surface area contributed by atoms with Gasteiger partial charge in [0, 0.05) is 0 Å². The van der Waals surface area contributed by atoms with E-state index >= 15 is 0 Å². The van der Waals surface area contributed by atoms with E-state index in [9.17, 15) is 0 Å². The molecular weight excluding hydrogens is 220 g/mol. The molecule has 0 atom stereocenters. The van der Waals surface area contributed by atoms with Crippen LogP contribution in [0.15, 0.2) is 0 Å². The number of rotatable bonds is 10. The molecule has 0 spiro atoms. The van der Waals surface area contributed by atoms with Crippen LogP contribution >= 0.6 is 0 Å². The van der Waals surface area contributed by atoms with Crippen molar-refractivity contribution in [3.8, 4) is 0 Å². The topological polar surface area (TPSA) is 9.23 Å². The van der Waals surface area contributed by atoms with Crippen LogP contribution in [0.3, 0.4) is 0 Å². The van der Waals surface area contributed by atoms with E-state index in [0.717, 1.165) is 0 Å². The van der Waals surface area contributed by atoms with Gasteiger partial charge in [-0.05, 0) is 0 Å². The predicted molar refractivity (Wildman–Crippen MR) is 66.2 cm³/mol. The fraction of sp³-hybridized carbons (Fsp3) is 1.00. The van der Waals surface area contributed by atoms with Gasteiger partial charge in [0.1, 0.15) is 0 Å². The van der Waals surface area contributed by atoms with Gasteiger partial charge in [0.25, 0.3) is 0 Å². The van der Waals surface area contributed by atoms with E-state index in [1.807, 2.05) is 7.11 Å². The third kappa shape index (κ3) is 6.76. The number of unbranched alkanes of at least 4 members (excludes halogenated alkanes) is 3. The summed E-state index contributed by atoms with van der Waals surface area (Å²) >= 11 is -1.87. The summed E-state index contributed by atoms with van der Waals surface area (Å²) in [6, 6.07) is 0. The first-order chi connectivity index (χ1) is 7.24. The second kappa shape index (κ2) is 9.87. The zero-order chi connectivity index (χ0) is 11.6. The molecule has 0 heterocycles. The molecule has 0 radical (unpaired) electrons. The summed E-state index contributed by atoms with van der Waals surface area (Å²) in [5.74, 6) is 0. The third-order valence-electron chi connectivity index (χ3n) is 3.39. The first-order valence-corrected chi connectivity index (χ1v) is 10.7. The summed E-state index contributed by atoms with van der Waals surface area (Å²) in [7, 11) is 1.99. The van der Waals surface area contributed by atoms with Crippen molar-refractivity contribution in [1.82, 2.24) is 0 Å². The Labute approximate surface area is 101 Å². The van der Waals surface area contributed by atoms with E-state index in [4.69, 9.17) is 3.32 Å². The van der Waals surface area contributed by atoms with Crippen LogP contribution in [0.25, 0.3) is 0 Å². The average molecular weight is 250 g/mol. The van der Waals surface area contributed by atoms with E-state index < -0.39 is 17.0 Å². The van der Waals surface area contributed by atoms with Crippen LogP contribution in [0.2, 0.25) is 14.2 Å². The molecule has 0 aromatic rings. The fourth-order valence-electron chi connectivity index (χ4n) is 2.18. The van der Waals surface area contributed by atoms with Crippen molar-refractivity contribution in [2.75, 3.05) is 7.11 Å². The summed E-state index contributed by atoms with van der Waals surface area (Å²) in [6.07, 6.45) is 8.15. The Morgan fingerprint density at radius 3 is 1.27 bits per heavy atom. The van der Waals surface area contributed by atoms with E-state index in [1.54, 1.807) is 0 Å². The van der Waals surface area contributed by atoms with Gasteiger partial charge in [-0.15, -0.1) is 0 Å². The molecule has 0 aromatic heterocycles. The van der Waals surface area contributed by atoms with Gasteiger partial charge < -0.3 is 0 Å². The quantitative estimate of drug-likeness (QED) is 0.474. The predicted octanol–water partition coefficient (Wildman–Crippen LogP) is 5.36. The molecule has 0 aromatic carbocycles. The van der Waals surface area contributed by atoms with Crippen LogP contribution < -0.4 is 0 Å². The molecule has 0 aliphatic heterocycles. The SMILES string of the molecule is CCC[CH2][Ti]([CH2]CCC)([CH2]CCC)[O]C. The summed E-state index contributed by atoms with van der Waals surface area (Å²) < 4.78 is 10.3. The van der Waals surface area contributed by atoms with Crippen LogP contribution in [-0.4, -0.2) is 7.11 Å². The zero-order valence-electron chi connectivity index (χ0n) is 11.3. The molecule has 0 N–H and O–H groups in total. The molecule has 2 heteroatoms. The third-order valence-corrected chi connectivity index (χ3v) is 10.7. The first-order valence-electron chi connectivity index (χ1n) is 6.79. The molecule has 0 bridgehead atoms. The molecule has 0 amide bonds. The Morgan fingerprint density at radius 2 is 1.07 bits per heavy atom. The molecule has 15 heavy (non-hydrogen) atoms. The molecule has 0 fully saturated rings. The van der Waals surface area contributed by atoms with Crippen LogP contribution in [0.5, 0.6) is 0 Å². The van der Waals surface area contributed by atoms with Crippen molar-refractivity contribution >= 4 is 0 Å². The molecule has 0 unspecified atom stereocenters. The maximum atomic E-state index is 6.03. The van der Waals surface area contributed by atoms with Crippen molar-refractivity contribution in [3.63, 3.8) is 0 Å². The standard InChI is InChI=1S/3C4H9.CH3O.Ti/c3*1-3-4-2;1-2;/h3*1,3-4H2,2H3;1H3;/q;;;-1;+1. The van der Waals surface area contributed by atoms with Gasteiger partial charge in [0.05, 0.1) is 0 Å². The molecule has 0 rings (SSSR count). The van der Waals surface area contributed by atoms with Gasteiger partial charge in [-0.1, -0.05) is 0 Å². The van der Waals surface area contributed by atoms with Crippen LogP contribution in [0.1, 0.15) is 59.3 Å². The summed E-state index contributed by atoms with van der Waals surface area (Å²) in [4.78, 5) is 0. The van der Waals surface area contributed by atoms with Crippen LogP contribution in [0.4, 0.5) is 0 Å². The van der Waals surface area contributed by atoms with Gasteiger partial charge in [0.15, 0.2) is 0 Å². The average Bonchev–Trinajstić information content (AvgIpc) is 2.29. The number of hydrogen-bond acceptors (Lipinski definition) is 1. The normalized spacial score (nSPS) is 12.0. The molecule has 0 aliphatic carbocycles. The first kappa shape index (κ1) is 15.7. The van der Waals surface area contributed by atoms with Crippen molar-refractivity contribution < 1.29 is 20.3 Å². The van der Waals surface area contributed by atoms with Crippen LogP contribution in [0, 0.1) is 0 Å². The Balaban J connectivity index is 4.16. The van der Waals surface area contributed by atoms with Crippen molar-refractivity contribution in [3.05, 3.63) is 0 Å². The minimum absolute atomic E-state index is 1.33. The Kier molecular flexibility index (Phi) is 10.3. The molecule has 92 valence electrons. The van der Waals surface area contributed by atoms with E-state index in [0.29, 0.717) is 0 Å². The molecule has 0 aliphatic rings.